The minimum Gasteiger partial charge on any atom is -0.486 e. The molecule has 0 aromatic heterocycles. The highest BCUT2D eigenvalue weighted by Crippen LogP contribution is 2.35. The maximum Gasteiger partial charge on any atom is 0.304 e. The Balaban J connectivity index is 1.75. The number of ether oxygens (including phenoxy) is 2. The fourth-order valence-corrected chi connectivity index (χ4v) is 2.60. The molecule has 2 aliphatic heterocycles. The quantitative estimate of drug-likeness (QED) is 0.890. The van der Waals surface area contributed by atoms with Crippen LogP contribution in [0.2, 0.25) is 0 Å². The number of hydrogen-bond acceptors (Lipinski definition) is 4. The predicted molar refractivity (Wildman–Crippen MR) is 68.7 cm³/mol. The normalized spacial score (nSPS) is 17.9. The lowest BCUT2D eigenvalue weighted by Gasteiger charge is -2.30. The summed E-state index contributed by atoms with van der Waals surface area (Å²) in [6.45, 7) is 3.49. The molecule has 0 bridgehead atoms. The summed E-state index contributed by atoms with van der Waals surface area (Å²) in [5, 5.41) is 8.73. The standard InChI is InChI=1S/C14H17NO4/c16-14(17)2-4-15-3-1-10-7-12-13(8-11(10)9-15)19-6-5-18-12/h7-8H,1-6,9H2,(H,16,17). The fourth-order valence-electron chi connectivity index (χ4n) is 2.60. The number of nitrogens with zero attached hydrogens (tertiary/aromatic N) is 1. The number of benzene rings is 1. The number of carbonyl (C=O) groups is 1. The second-order valence-electron chi connectivity index (χ2n) is 4.93. The second-order valence-corrected chi connectivity index (χ2v) is 4.93. The summed E-state index contributed by atoms with van der Waals surface area (Å²) in [4.78, 5) is 12.8. The van der Waals surface area contributed by atoms with Gasteiger partial charge in [0.25, 0.3) is 0 Å². The molecule has 3 rings (SSSR count). The van der Waals surface area contributed by atoms with Crippen LogP contribution in [-0.2, 0) is 17.8 Å². The summed E-state index contributed by atoms with van der Waals surface area (Å²) in [7, 11) is 0. The molecule has 0 spiro atoms. The summed E-state index contributed by atoms with van der Waals surface area (Å²) >= 11 is 0. The highest BCUT2D eigenvalue weighted by atomic mass is 16.6. The van der Waals surface area contributed by atoms with Crippen LogP contribution >= 0.6 is 0 Å². The van der Waals surface area contributed by atoms with Gasteiger partial charge in [-0.05, 0) is 29.7 Å². The molecule has 1 aromatic carbocycles. The van der Waals surface area contributed by atoms with Crippen molar-refractivity contribution in [3.63, 3.8) is 0 Å². The zero-order valence-corrected chi connectivity index (χ0v) is 10.7. The Bertz CT molecular complexity index is 500. The molecule has 2 heterocycles. The van der Waals surface area contributed by atoms with Gasteiger partial charge >= 0.3 is 5.97 Å². The molecule has 0 saturated carbocycles. The van der Waals surface area contributed by atoms with Crippen LogP contribution in [0.5, 0.6) is 11.5 Å². The fraction of sp³-hybridized carbons (Fsp3) is 0.500. The molecule has 1 aromatic rings. The Hall–Kier alpha value is -1.75. The van der Waals surface area contributed by atoms with Crippen LogP contribution in [-0.4, -0.2) is 42.3 Å². The molecule has 19 heavy (non-hydrogen) atoms. The van der Waals surface area contributed by atoms with Crippen LogP contribution in [0.1, 0.15) is 17.5 Å². The third-order valence-electron chi connectivity index (χ3n) is 3.60. The van der Waals surface area contributed by atoms with Gasteiger partial charge in [-0.2, -0.15) is 0 Å². The van der Waals surface area contributed by atoms with Crippen LogP contribution < -0.4 is 9.47 Å². The van der Waals surface area contributed by atoms with E-state index in [1.807, 2.05) is 6.07 Å². The number of hydrogen-bond donors (Lipinski definition) is 1. The average molecular weight is 263 g/mol. The Morgan fingerprint density at radius 3 is 2.58 bits per heavy atom. The van der Waals surface area contributed by atoms with Crippen molar-refractivity contribution in [3.05, 3.63) is 23.3 Å². The monoisotopic (exact) mass is 263 g/mol. The summed E-state index contributed by atoms with van der Waals surface area (Å²) in [6.07, 6.45) is 1.13. The zero-order chi connectivity index (χ0) is 13.2. The highest BCUT2D eigenvalue weighted by Gasteiger charge is 2.21. The van der Waals surface area contributed by atoms with Crippen molar-refractivity contribution in [2.24, 2.45) is 0 Å². The van der Waals surface area contributed by atoms with E-state index in [-0.39, 0.29) is 6.42 Å². The van der Waals surface area contributed by atoms with Crippen molar-refractivity contribution in [1.82, 2.24) is 4.90 Å². The van der Waals surface area contributed by atoms with E-state index < -0.39 is 5.97 Å². The van der Waals surface area contributed by atoms with E-state index in [0.717, 1.165) is 31.0 Å². The summed E-state index contributed by atoms with van der Waals surface area (Å²) < 4.78 is 11.2. The molecule has 0 atom stereocenters. The first-order valence-electron chi connectivity index (χ1n) is 6.58. The van der Waals surface area contributed by atoms with Crippen molar-refractivity contribution in [2.75, 3.05) is 26.3 Å². The largest absolute Gasteiger partial charge is 0.486 e. The first kappa shape index (κ1) is 12.3. The van der Waals surface area contributed by atoms with Gasteiger partial charge in [0.2, 0.25) is 0 Å². The molecule has 0 aliphatic carbocycles. The SMILES string of the molecule is O=C(O)CCN1CCc2cc3c(cc2C1)OCCO3. The maximum absolute atomic E-state index is 10.6. The lowest BCUT2D eigenvalue weighted by atomic mass is 9.98. The maximum atomic E-state index is 10.6. The second kappa shape index (κ2) is 5.09. The van der Waals surface area contributed by atoms with Crippen LogP contribution in [0.3, 0.4) is 0 Å². The molecule has 5 nitrogen and oxygen atoms in total. The van der Waals surface area contributed by atoms with Gasteiger partial charge in [-0.15, -0.1) is 0 Å². The third kappa shape index (κ3) is 2.66. The van der Waals surface area contributed by atoms with Crippen molar-refractivity contribution in [2.45, 2.75) is 19.4 Å². The van der Waals surface area contributed by atoms with Crippen molar-refractivity contribution < 1.29 is 19.4 Å². The van der Waals surface area contributed by atoms with E-state index in [4.69, 9.17) is 14.6 Å². The van der Waals surface area contributed by atoms with Gasteiger partial charge in [0, 0.05) is 19.6 Å². The number of fused-ring (bicyclic) bond motifs is 2. The molecule has 0 amide bonds. The van der Waals surface area contributed by atoms with Gasteiger partial charge in [0.1, 0.15) is 13.2 Å². The summed E-state index contributed by atoms with van der Waals surface area (Å²) in [5.74, 6) is 0.905. The van der Waals surface area contributed by atoms with Crippen molar-refractivity contribution in [1.29, 1.82) is 0 Å². The van der Waals surface area contributed by atoms with E-state index in [2.05, 4.69) is 11.0 Å². The smallest absolute Gasteiger partial charge is 0.304 e. The highest BCUT2D eigenvalue weighted by molar-refractivity contribution is 5.66. The van der Waals surface area contributed by atoms with Gasteiger partial charge < -0.3 is 14.6 Å². The molecule has 0 radical (unpaired) electrons. The van der Waals surface area contributed by atoms with Crippen LogP contribution in [0.4, 0.5) is 0 Å². The topological polar surface area (TPSA) is 59.0 Å². The van der Waals surface area contributed by atoms with Gasteiger partial charge in [0.15, 0.2) is 11.5 Å². The number of aliphatic carboxylic acids is 1. The molecular weight excluding hydrogens is 246 g/mol. The lowest BCUT2D eigenvalue weighted by molar-refractivity contribution is -0.137. The number of carboxylic acids is 1. The Labute approximate surface area is 111 Å². The Kier molecular flexibility index (Phi) is 3.29. The van der Waals surface area contributed by atoms with Gasteiger partial charge in [-0.25, -0.2) is 0 Å². The van der Waals surface area contributed by atoms with Crippen LogP contribution in [0.15, 0.2) is 12.1 Å². The first-order chi connectivity index (χ1) is 9.22. The Morgan fingerprint density at radius 1 is 1.21 bits per heavy atom. The number of rotatable bonds is 3. The van der Waals surface area contributed by atoms with Crippen molar-refractivity contribution in [3.8, 4) is 11.5 Å². The van der Waals surface area contributed by atoms with E-state index in [9.17, 15) is 4.79 Å². The molecule has 0 unspecified atom stereocenters. The number of carboxylic acid groups (broad SMARTS) is 1. The third-order valence-corrected chi connectivity index (χ3v) is 3.60. The van der Waals surface area contributed by atoms with Gasteiger partial charge in [-0.1, -0.05) is 0 Å². The minimum absolute atomic E-state index is 0.194. The Morgan fingerprint density at radius 2 is 1.89 bits per heavy atom. The molecule has 0 fully saturated rings. The molecule has 2 aliphatic rings. The van der Waals surface area contributed by atoms with E-state index >= 15 is 0 Å². The molecule has 1 N–H and O–H groups in total. The molecule has 5 heteroatoms. The summed E-state index contributed by atoms with van der Waals surface area (Å²) in [5.41, 5.74) is 2.51. The average Bonchev–Trinajstić information content (AvgIpc) is 2.42. The predicted octanol–water partition coefficient (Wildman–Crippen LogP) is 1.29. The molecule has 102 valence electrons. The minimum atomic E-state index is -0.743. The van der Waals surface area contributed by atoms with Gasteiger partial charge in [-0.3, -0.25) is 9.69 Å². The van der Waals surface area contributed by atoms with E-state index in [0.29, 0.717) is 19.8 Å². The van der Waals surface area contributed by atoms with Crippen LogP contribution in [0.25, 0.3) is 0 Å². The van der Waals surface area contributed by atoms with Crippen LogP contribution in [0, 0.1) is 0 Å². The first-order valence-corrected chi connectivity index (χ1v) is 6.58. The summed E-state index contributed by atoms with van der Waals surface area (Å²) in [6, 6.07) is 4.11. The van der Waals surface area contributed by atoms with Gasteiger partial charge in [0.05, 0.1) is 6.42 Å². The lowest BCUT2D eigenvalue weighted by Crippen LogP contribution is -2.32. The molecular formula is C14H17NO4. The molecule has 0 saturated heterocycles. The van der Waals surface area contributed by atoms with E-state index in [1.165, 1.54) is 11.1 Å². The van der Waals surface area contributed by atoms with Crippen molar-refractivity contribution >= 4 is 5.97 Å². The van der Waals surface area contributed by atoms with E-state index in [1.54, 1.807) is 0 Å². The zero-order valence-electron chi connectivity index (χ0n) is 10.7.